The minimum absolute atomic E-state index is 0.151. The summed E-state index contributed by atoms with van der Waals surface area (Å²) in [5, 5.41) is 24.6. The van der Waals surface area contributed by atoms with Gasteiger partial charge in [-0.25, -0.2) is 4.79 Å². The van der Waals surface area contributed by atoms with Gasteiger partial charge in [0.25, 0.3) is 0 Å². The standard InChI is InChI=1S/C20H27N5O8/c21-12(8-11-4-2-1-3-5-11)18(30)25-14(9-17(28)29)19(31)23-10-16(27)24-13(20(32)33)6-7-15(22)26/h1-5,12-14H,6-10,21H2,(H2,22,26)(H,23,31)(H,24,27)(H,25,30)(H,28,29)(H,32,33). The highest BCUT2D eigenvalue weighted by Gasteiger charge is 2.27. The Hall–Kier alpha value is -4.00. The first kappa shape index (κ1) is 27.0. The summed E-state index contributed by atoms with van der Waals surface area (Å²) in [6, 6.07) is 4.82. The fourth-order valence-corrected chi connectivity index (χ4v) is 2.70. The molecule has 4 amide bonds. The molecule has 0 aliphatic rings. The van der Waals surface area contributed by atoms with Crippen LogP contribution in [0.1, 0.15) is 24.8 Å². The highest BCUT2D eigenvalue weighted by molar-refractivity contribution is 5.94. The number of carboxylic acids is 2. The smallest absolute Gasteiger partial charge is 0.326 e. The van der Waals surface area contributed by atoms with Crippen LogP contribution in [-0.2, 0) is 35.2 Å². The maximum absolute atomic E-state index is 12.3. The van der Waals surface area contributed by atoms with Gasteiger partial charge in [0, 0.05) is 6.42 Å². The molecule has 3 unspecified atom stereocenters. The zero-order valence-corrected chi connectivity index (χ0v) is 17.7. The zero-order valence-electron chi connectivity index (χ0n) is 17.7. The number of nitrogens with two attached hydrogens (primary N) is 2. The van der Waals surface area contributed by atoms with Gasteiger partial charge in [0.15, 0.2) is 0 Å². The number of carbonyl (C=O) groups excluding carboxylic acids is 4. The van der Waals surface area contributed by atoms with Crippen LogP contribution >= 0.6 is 0 Å². The number of benzene rings is 1. The summed E-state index contributed by atoms with van der Waals surface area (Å²) in [5.74, 6) is -6.17. The maximum atomic E-state index is 12.3. The molecule has 0 fully saturated rings. The fraction of sp³-hybridized carbons (Fsp3) is 0.400. The number of aliphatic carboxylic acids is 2. The molecular formula is C20H27N5O8. The molecule has 3 atom stereocenters. The van der Waals surface area contributed by atoms with Crippen molar-refractivity contribution in [3.63, 3.8) is 0 Å². The Kier molecular flexibility index (Phi) is 11.0. The van der Waals surface area contributed by atoms with Gasteiger partial charge >= 0.3 is 11.9 Å². The van der Waals surface area contributed by atoms with Crippen LogP contribution in [0.2, 0.25) is 0 Å². The monoisotopic (exact) mass is 465 g/mol. The van der Waals surface area contributed by atoms with Crippen LogP contribution in [0.4, 0.5) is 0 Å². The summed E-state index contributed by atoms with van der Waals surface area (Å²) < 4.78 is 0. The van der Waals surface area contributed by atoms with Crippen molar-refractivity contribution in [3.8, 4) is 0 Å². The summed E-state index contributed by atoms with van der Waals surface area (Å²) >= 11 is 0. The molecule has 9 N–H and O–H groups in total. The van der Waals surface area contributed by atoms with E-state index in [9.17, 15) is 28.8 Å². The molecule has 0 heterocycles. The number of carboxylic acid groups (broad SMARTS) is 2. The quantitative estimate of drug-likeness (QED) is 0.153. The molecule has 0 saturated carbocycles. The van der Waals surface area contributed by atoms with Crippen molar-refractivity contribution >= 4 is 35.6 Å². The van der Waals surface area contributed by atoms with E-state index in [0.29, 0.717) is 0 Å². The lowest BCUT2D eigenvalue weighted by atomic mass is 10.1. The maximum Gasteiger partial charge on any atom is 0.326 e. The molecule has 0 bridgehead atoms. The third kappa shape index (κ3) is 10.7. The molecule has 0 saturated heterocycles. The van der Waals surface area contributed by atoms with Crippen LogP contribution in [0.5, 0.6) is 0 Å². The Balaban J connectivity index is 2.66. The predicted molar refractivity (Wildman–Crippen MR) is 113 cm³/mol. The molecule has 1 rings (SSSR count). The second-order valence-electron chi connectivity index (χ2n) is 7.14. The van der Waals surface area contributed by atoms with Gasteiger partial charge in [-0.15, -0.1) is 0 Å². The van der Waals surface area contributed by atoms with E-state index < -0.39 is 66.7 Å². The summed E-state index contributed by atoms with van der Waals surface area (Å²) in [6.45, 7) is -0.693. The van der Waals surface area contributed by atoms with Crippen molar-refractivity contribution in [2.75, 3.05) is 6.54 Å². The second-order valence-corrected chi connectivity index (χ2v) is 7.14. The largest absolute Gasteiger partial charge is 0.481 e. The Bertz CT molecular complexity index is 876. The lowest BCUT2D eigenvalue weighted by Gasteiger charge is -2.20. The van der Waals surface area contributed by atoms with Crippen molar-refractivity contribution in [2.45, 2.75) is 43.8 Å². The molecule has 33 heavy (non-hydrogen) atoms. The van der Waals surface area contributed by atoms with Gasteiger partial charge < -0.3 is 37.6 Å². The average molecular weight is 465 g/mol. The van der Waals surface area contributed by atoms with Crippen LogP contribution in [0.3, 0.4) is 0 Å². The molecule has 0 spiro atoms. The number of primary amides is 1. The Morgan fingerprint density at radius 1 is 0.909 bits per heavy atom. The summed E-state index contributed by atoms with van der Waals surface area (Å²) in [6.07, 6.45) is -1.15. The van der Waals surface area contributed by atoms with E-state index in [2.05, 4.69) is 16.0 Å². The van der Waals surface area contributed by atoms with Crippen LogP contribution < -0.4 is 27.4 Å². The number of hydrogen-bond donors (Lipinski definition) is 7. The van der Waals surface area contributed by atoms with Crippen LogP contribution in [0.15, 0.2) is 30.3 Å². The number of rotatable bonds is 14. The van der Waals surface area contributed by atoms with E-state index in [1.165, 1.54) is 0 Å². The van der Waals surface area contributed by atoms with Crippen molar-refractivity contribution in [3.05, 3.63) is 35.9 Å². The van der Waals surface area contributed by atoms with E-state index in [1.54, 1.807) is 30.3 Å². The molecule has 180 valence electrons. The van der Waals surface area contributed by atoms with Gasteiger partial charge in [0.05, 0.1) is 19.0 Å². The Labute approximate surface area is 188 Å². The van der Waals surface area contributed by atoms with Gasteiger partial charge in [0.1, 0.15) is 12.1 Å². The molecule has 13 nitrogen and oxygen atoms in total. The fourth-order valence-electron chi connectivity index (χ4n) is 2.70. The molecule has 1 aromatic carbocycles. The van der Waals surface area contributed by atoms with E-state index in [1.807, 2.05) is 0 Å². The van der Waals surface area contributed by atoms with Gasteiger partial charge in [0.2, 0.25) is 23.6 Å². The lowest BCUT2D eigenvalue weighted by Crippen LogP contribution is -2.54. The zero-order chi connectivity index (χ0) is 25.0. The number of carbonyl (C=O) groups is 6. The van der Waals surface area contributed by atoms with Gasteiger partial charge in [-0.2, -0.15) is 0 Å². The molecule has 0 aliphatic heterocycles. The van der Waals surface area contributed by atoms with E-state index in [4.69, 9.17) is 21.7 Å². The first-order valence-corrected chi connectivity index (χ1v) is 9.89. The van der Waals surface area contributed by atoms with Crippen LogP contribution in [0.25, 0.3) is 0 Å². The third-order valence-corrected chi connectivity index (χ3v) is 4.38. The van der Waals surface area contributed by atoms with Gasteiger partial charge in [-0.1, -0.05) is 30.3 Å². The van der Waals surface area contributed by atoms with E-state index in [0.717, 1.165) is 5.56 Å². The molecule has 0 aromatic heterocycles. The minimum Gasteiger partial charge on any atom is -0.481 e. The summed E-state index contributed by atoms with van der Waals surface area (Å²) in [4.78, 5) is 69.7. The SMILES string of the molecule is NC(=O)CCC(NC(=O)CNC(=O)C(CC(=O)O)NC(=O)C(N)Cc1ccccc1)C(=O)O. The Morgan fingerprint density at radius 2 is 1.55 bits per heavy atom. The molecular weight excluding hydrogens is 438 g/mol. The van der Waals surface area contributed by atoms with Gasteiger partial charge in [-0.3, -0.25) is 24.0 Å². The van der Waals surface area contributed by atoms with Crippen molar-refractivity contribution in [1.82, 2.24) is 16.0 Å². The summed E-state index contributed by atoms with van der Waals surface area (Å²) in [5.41, 5.74) is 11.6. The number of amides is 4. The van der Waals surface area contributed by atoms with Crippen molar-refractivity contribution in [2.24, 2.45) is 11.5 Å². The first-order chi connectivity index (χ1) is 15.5. The van der Waals surface area contributed by atoms with E-state index in [-0.39, 0.29) is 19.3 Å². The number of hydrogen-bond acceptors (Lipinski definition) is 7. The van der Waals surface area contributed by atoms with Crippen molar-refractivity contribution in [1.29, 1.82) is 0 Å². The Morgan fingerprint density at radius 3 is 2.09 bits per heavy atom. The predicted octanol–water partition coefficient (Wildman–Crippen LogP) is -2.53. The van der Waals surface area contributed by atoms with E-state index >= 15 is 0 Å². The molecule has 1 aromatic rings. The first-order valence-electron chi connectivity index (χ1n) is 9.89. The summed E-state index contributed by atoms with van der Waals surface area (Å²) in [7, 11) is 0. The molecule has 0 radical (unpaired) electrons. The topological polar surface area (TPSA) is 231 Å². The van der Waals surface area contributed by atoms with Crippen molar-refractivity contribution < 1.29 is 39.0 Å². The third-order valence-electron chi connectivity index (χ3n) is 4.38. The van der Waals surface area contributed by atoms with Gasteiger partial charge in [-0.05, 0) is 18.4 Å². The minimum atomic E-state index is -1.52. The van der Waals surface area contributed by atoms with Crippen LogP contribution in [0, 0.1) is 0 Å². The normalized spacial score (nSPS) is 13.1. The average Bonchev–Trinajstić information content (AvgIpc) is 2.74. The highest BCUT2D eigenvalue weighted by Crippen LogP contribution is 2.03. The lowest BCUT2D eigenvalue weighted by molar-refractivity contribution is -0.142. The highest BCUT2D eigenvalue weighted by atomic mass is 16.4. The molecule has 0 aliphatic carbocycles. The number of nitrogens with one attached hydrogen (secondary N) is 3. The second kappa shape index (κ2) is 13.4. The molecule has 13 heteroatoms. The van der Waals surface area contributed by atoms with Crippen LogP contribution in [-0.4, -0.2) is 70.5 Å².